The van der Waals surface area contributed by atoms with Crippen LogP contribution >= 0.6 is 24.8 Å². The van der Waals surface area contributed by atoms with Gasteiger partial charge in [-0.15, -0.1) is 24.8 Å². The predicted molar refractivity (Wildman–Crippen MR) is 104 cm³/mol. The van der Waals surface area contributed by atoms with Gasteiger partial charge in [0.1, 0.15) is 11.4 Å². The van der Waals surface area contributed by atoms with Crippen LogP contribution in [0.25, 0.3) is 0 Å². The van der Waals surface area contributed by atoms with Crippen LogP contribution in [0.5, 0.6) is 0 Å². The molecule has 1 aliphatic rings. The molecule has 0 bridgehead atoms. The van der Waals surface area contributed by atoms with Crippen molar-refractivity contribution in [1.82, 2.24) is 10.6 Å². The topological polar surface area (TPSA) is 53.6 Å². The number of ether oxygens (including phenoxy) is 1. The fourth-order valence-corrected chi connectivity index (χ4v) is 2.92. The number of carbonyl (C=O) groups is 1. The Kier molecular flexibility index (Phi) is 11.0. The Hall–Kier alpha value is -1.08. The molecule has 144 valence electrons. The van der Waals surface area contributed by atoms with Gasteiger partial charge >= 0.3 is 0 Å². The third-order valence-corrected chi connectivity index (χ3v) is 4.44. The summed E-state index contributed by atoms with van der Waals surface area (Å²) in [6.07, 6.45) is 2.11. The molecule has 1 aromatic carbocycles. The molecular weight excluding hydrogens is 368 g/mol. The Balaban J connectivity index is 0.00000288. The zero-order valence-electron chi connectivity index (χ0n) is 14.7. The lowest BCUT2D eigenvalue weighted by Gasteiger charge is -2.34. The molecule has 1 aromatic rings. The van der Waals surface area contributed by atoms with Crippen LogP contribution in [0.4, 0.5) is 10.1 Å². The Morgan fingerprint density at radius 2 is 1.96 bits per heavy atom. The average molecular weight is 396 g/mol. The quantitative estimate of drug-likeness (QED) is 0.695. The molecule has 2 rings (SSSR count). The predicted octanol–water partition coefficient (Wildman–Crippen LogP) is 2.38. The van der Waals surface area contributed by atoms with E-state index in [0.717, 1.165) is 19.5 Å². The van der Waals surface area contributed by atoms with Crippen molar-refractivity contribution >= 4 is 36.4 Å². The van der Waals surface area contributed by atoms with Crippen LogP contribution in [0.1, 0.15) is 19.3 Å². The first-order chi connectivity index (χ1) is 11.1. The molecule has 0 aromatic heterocycles. The lowest BCUT2D eigenvalue weighted by atomic mass is 9.91. The Morgan fingerprint density at radius 3 is 2.56 bits per heavy atom. The highest BCUT2D eigenvalue weighted by atomic mass is 35.5. The molecule has 1 heterocycles. The molecule has 0 atom stereocenters. The van der Waals surface area contributed by atoms with Crippen LogP contribution in [-0.4, -0.2) is 51.8 Å². The zero-order chi connectivity index (χ0) is 16.7. The summed E-state index contributed by atoms with van der Waals surface area (Å²) in [6, 6.07) is 6.70. The number of anilines is 1. The number of para-hydroxylation sites is 1. The van der Waals surface area contributed by atoms with E-state index in [-0.39, 0.29) is 36.5 Å². The second-order valence-corrected chi connectivity index (χ2v) is 5.93. The molecule has 25 heavy (non-hydrogen) atoms. The van der Waals surface area contributed by atoms with E-state index in [2.05, 4.69) is 10.6 Å². The van der Waals surface area contributed by atoms with Crippen molar-refractivity contribution in [2.45, 2.75) is 24.9 Å². The van der Waals surface area contributed by atoms with Crippen molar-refractivity contribution in [3.05, 3.63) is 30.1 Å². The number of rotatable bonds is 7. The molecular formula is C17H28Cl2FN3O2. The van der Waals surface area contributed by atoms with Gasteiger partial charge in [-0.05, 0) is 44.5 Å². The Morgan fingerprint density at radius 1 is 1.32 bits per heavy atom. The Bertz CT molecular complexity index is 528. The number of nitrogens with one attached hydrogen (secondary N) is 2. The second-order valence-electron chi connectivity index (χ2n) is 5.93. The fourth-order valence-electron chi connectivity index (χ4n) is 2.92. The third-order valence-electron chi connectivity index (χ3n) is 4.44. The van der Waals surface area contributed by atoms with Crippen molar-refractivity contribution in [2.75, 3.05) is 45.2 Å². The molecule has 0 unspecified atom stereocenters. The van der Waals surface area contributed by atoms with E-state index < -0.39 is 5.60 Å². The van der Waals surface area contributed by atoms with Gasteiger partial charge in [0.2, 0.25) is 0 Å². The smallest absolute Gasteiger partial charge is 0.252 e. The highest BCUT2D eigenvalue weighted by molar-refractivity contribution is 5.86. The maximum absolute atomic E-state index is 13.7. The molecule has 1 amide bonds. The summed E-state index contributed by atoms with van der Waals surface area (Å²) in [5.41, 5.74) is -0.131. The van der Waals surface area contributed by atoms with Crippen LogP contribution in [0.2, 0.25) is 0 Å². The Labute approximate surface area is 161 Å². The molecule has 8 heteroatoms. The normalized spacial score (nSPS) is 15.5. The van der Waals surface area contributed by atoms with E-state index in [9.17, 15) is 9.18 Å². The fraction of sp³-hybridized carbons (Fsp3) is 0.588. The number of nitrogens with zero attached hydrogens (tertiary/aromatic N) is 1. The van der Waals surface area contributed by atoms with Crippen molar-refractivity contribution in [1.29, 1.82) is 0 Å². The molecule has 0 spiro atoms. The van der Waals surface area contributed by atoms with E-state index >= 15 is 0 Å². The molecule has 0 saturated carbocycles. The molecule has 1 fully saturated rings. The summed E-state index contributed by atoms with van der Waals surface area (Å²) in [5, 5.41) is 6.19. The highest BCUT2D eigenvalue weighted by Crippen LogP contribution is 2.22. The number of hydrogen-bond donors (Lipinski definition) is 2. The number of hydrogen-bond acceptors (Lipinski definition) is 4. The summed E-state index contributed by atoms with van der Waals surface area (Å²) in [5.74, 6) is -0.276. The van der Waals surface area contributed by atoms with E-state index in [4.69, 9.17) is 4.74 Å². The number of amides is 1. The molecule has 0 radical (unpaired) electrons. The average Bonchev–Trinajstić information content (AvgIpc) is 2.59. The van der Waals surface area contributed by atoms with Crippen molar-refractivity contribution in [3.8, 4) is 0 Å². The summed E-state index contributed by atoms with van der Waals surface area (Å²) in [6.45, 7) is 2.80. The first-order valence-corrected chi connectivity index (χ1v) is 8.09. The van der Waals surface area contributed by atoms with E-state index in [1.54, 1.807) is 19.2 Å². The van der Waals surface area contributed by atoms with Gasteiger partial charge in [-0.2, -0.15) is 0 Å². The molecule has 0 aliphatic carbocycles. The van der Waals surface area contributed by atoms with Gasteiger partial charge in [0, 0.05) is 27.2 Å². The second kappa shape index (κ2) is 11.5. The van der Waals surface area contributed by atoms with Crippen LogP contribution in [0.15, 0.2) is 24.3 Å². The van der Waals surface area contributed by atoms with Crippen LogP contribution in [-0.2, 0) is 9.53 Å². The summed E-state index contributed by atoms with van der Waals surface area (Å²) < 4.78 is 19.2. The summed E-state index contributed by atoms with van der Waals surface area (Å²) >= 11 is 0. The van der Waals surface area contributed by atoms with E-state index in [0.29, 0.717) is 31.6 Å². The number of methoxy groups -OCH3 is 1. The molecule has 2 N–H and O–H groups in total. The van der Waals surface area contributed by atoms with Crippen molar-refractivity contribution in [2.24, 2.45) is 0 Å². The van der Waals surface area contributed by atoms with Crippen LogP contribution < -0.4 is 15.5 Å². The first-order valence-electron chi connectivity index (χ1n) is 8.09. The summed E-state index contributed by atoms with van der Waals surface area (Å²) in [7, 11) is 3.44. The zero-order valence-corrected chi connectivity index (χ0v) is 16.4. The lowest BCUT2D eigenvalue weighted by molar-refractivity contribution is -0.146. The van der Waals surface area contributed by atoms with Crippen molar-refractivity contribution < 1.29 is 13.9 Å². The third kappa shape index (κ3) is 6.29. The minimum absolute atomic E-state index is 0. The lowest BCUT2D eigenvalue weighted by Crippen LogP contribution is -2.54. The highest BCUT2D eigenvalue weighted by Gasteiger charge is 2.39. The van der Waals surface area contributed by atoms with Crippen LogP contribution in [0.3, 0.4) is 0 Å². The summed E-state index contributed by atoms with van der Waals surface area (Å²) in [4.78, 5) is 14.2. The standard InChI is InChI=1S/C17H26FN3O2.2ClH/c1-21(15-7-4-3-6-14(15)18)13-5-10-20-16(22)17(23-2)8-11-19-12-9-17;;/h3-4,6-7,19H,5,8-13H2,1-2H3,(H,20,22);2*1H. The van der Waals surface area contributed by atoms with Gasteiger partial charge in [-0.1, -0.05) is 12.1 Å². The van der Waals surface area contributed by atoms with E-state index in [1.807, 2.05) is 18.0 Å². The minimum Gasteiger partial charge on any atom is -0.372 e. The maximum atomic E-state index is 13.7. The largest absolute Gasteiger partial charge is 0.372 e. The SMILES string of the molecule is COC1(C(=O)NCCCN(C)c2ccccc2F)CCNCC1.Cl.Cl. The van der Waals surface area contributed by atoms with Crippen molar-refractivity contribution in [3.63, 3.8) is 0 Å². The van der Waals surface area contributed by atoms with Gasteiger partial charge < -0.3 is 20.3 Å². The molecule has 1 saturated heterocycles. The number of carbonyl (C=O) groups excluding carboxylic acids is 1. The maximum Gasteiger partial charge on any atom is 0.252 e. The van der Waals surface area contributed by atoms with Gasteiger partial charge in [0.15, 0.2) is 0 Å². The van der Waals surface area contributed by atoms with E-state index in [1.165, 1.54) is 6.07 Å². The van der Waals surface area contributed by atoms with Crippen LogP contribution in [0, 0.1) is 5.82 Å². The monoisotopic (exact) mass is 395 g/mol. The molecule has 1 aliphatic heterocycles. The number of halogens is 3. The van der Waals surface area contributed by atoms with Gasteiger partial charge in [-0.25, -0.2) is 4.39 Å². The van der Waals surface area contributed by atoms with Gasteiger partial charge in [0.05, 0.1) is 5.69 Å². The number of piperidine rings is 1. The minimum atomic E-state index is -0.706. The van der Waals surface area contributed by atoms with Gasteiger partial charge in [-0.3, -0.25) is 4.79 Å². The first kappa shape index (κ1) is 23.9. The number of benzene rings is 1. The van der Waals surface area contributed by atoms with Gasteiger partial charge in [0.25, 0.3) is 5.91 Å². The molecule has 5 nitrogen and oxygen atoms in total.